The molecule has 0 radical (unpaired) electrons. The van der Waals surface area contributed by atoms with Crippen LogP contribution in [0.3, 0.4) is 0 Å². The average molecular weight is 301 g/mol. The highest BCUT2D eigenvalue weighted by atomic mass is 28.4. The zero-order valence-corrected chi connectivity index (χ0v) is 14.3. The summed E-state index contributed by atoms with van der Waals surface area (Å²) in [5.74, 6) is 1.76. The van der Waals surface area contributed by atoms with Gasteiger partial charge in [0.25, 0.3) is 0 Å². The van der Waals surface area contributed by atoms with E-state index >= 15 is 0 Å². The molecule has 0 saturated carbocycles. The normalized spacial score (nSPS) is 14.0. The molecule has 0 aliphatic rings. The standard InChI is InChI=1S/C16H23N3OSi/c1-12(19-13(2)16-17-10-11-18-16)14-8-6-7-9-15(14)20-21(3,4)5/h6-12H,1-5H3,(H,17,18). The third-order valence-corrected chi connectivity index (χ3v) is 3.85. The van der Waals surface area contributed by atoms with Gasteiger partial charge in [0.1, 0.15) is 5.75 Å². The van der Waals surface area contributed by atoms with Gasteiger partial charge in [-0.15, -0.1) is 0 Å². The first-order valence-corrected chi connectivity index (χ1v) is 10.6. The minimum Gasteiger partial charge on any atom is -0.544 e. The molecule has 0 saturated heterocycles. The van der Waals surface area contributed by atoms with Gasteiger partial charge >= 0.3 is 0 Å². The maximum absolute atomic E-state index is 6.17. The van der Waals surface area contributed by atoms with Crippen LogP contribution in [-0.4, -0.2) is 24.0 Å². The number of aliphatic imine (C=N–C) groups is 1. The van der Waals surface area contributed by atoms with Crippen LogP contribution in [0.4, 0.5) is 0 Å². The number of aromatic nitrogens is 2. The van der Waals surface area contributed by atoms with E-state index in [1.165, 1.54) is 0 Å². The first-order valence-electron chi connectivity index (χ1n) is 7.19. The Morgan fingerprint density at radius 1 is 1.29 bits per heavy atom. The summed E-state index contributed by atoms with van der Waals surface area (Å²) in [6.07, 6.45) is 3.54. The highest BCUT2D eigenvalue weighted by molar-refractivity contribution is 6.70. The van der Waals surface area contributed by atoms with Crippen molar-refractivity contribution in [1.82, 2.24) is 9.97 Å². The van der Waals surface area contributed by atoms with Gasteiger partial charge in [-0.1, -0.05) is 18.2 Å². The molecule has 1 aromatic heterocycles. The number of para-hydroxylation sites is 1. The summed E-state index contributed by atoms with van der Waals surface area (Å²) in [5.41, 5.74) is 2.01. The largest absolute Gasteiger partial charge is 0.544 e. The fourth-order valence-electron chi connectivity index (χ4n) is 2.13. The molecule has 0 aliphatic heterocycles. The van der Waals surface area contributed by atoms with Gasteiger partial charge in [-0.25, -0.2) is 4.98 Å². The van der Waals surface area contributed by atoms with Crippen molar-refractivity contribution in [3.8, 4) is 5.75 Å². The van der Waals surface area contributed by atoms with Crippen molar-refractivity contribution in [3.63, 3.8) is 0 Å². The summed E-state index contributed by atoms with van der Waals surface area (Å²) >= 11 is 0. The molecule has 5 heteroatoms. The second kappa shape index (κ2) is 6.26. The van der Waals surface area contributed by atoms with E-state index in [0.717, 1.165) is 22.8 Å². The number of aromatic amines is 1. The van der Waals surface area contributed by atoms with Crippen molar-refractivity contribution in [2.45, 2.75) is 39.5 Å². The van der Waals surface area contributed by atoms with E-state index in [-0.39, 0.29) is 6.04 Å². The number of hydrogen-bond donors (Lipinski definition) is 1. The molecule has 0 bridgehead atoms. The van der Waals surface area contributed by atoms with Crippen molar-refractivity contribution in [2.24, 2.45) is 4.99 Å². The SMILES string of the molecule is CC(=NC(C)c1ccccc1O[Si](C)(C)C)c1ncc[nH]1. The second-order valence-corrected chi connectivity index (χ2v) is 10.5. The first kappa shape index (κ1) is 15.5. The number of rotatable bonds is 5. The average Bonchev–Trinajstić information content (AvgIpc) is 2.91. The highest BCUT2D eigenvalue weighted by Crippen LogP contribution is 2.29. The number of nitrogens with zero attached hydrogens (tertiary/aromatic N) is 2. The molecular formula is C16H23N3OSi. The quantitative estimate of drug-likeness (QED) is 0.665. The van der Waals surface area contributed by atoms with Gasteiger partial charge in [-0.2, -0.15) is 0 Å². The molecule has 112 valence electrons. The van der Waals surface area contributed by atoms with Crippen LogP contribution < -0.4 is 4.43 Å². The van der Waals surface area contributed by atoms with Gasteiger partial charge in [-0.3, -0.25) is 4.99 Å². The van der Waals surface area contributed by atoms with Crippen molar-refractivity contribution >= 4 is 14.0 Å². The predicted octanol–water partition coefficient (Wildman–Crippen LogP) is 4.19. The molecule has 2 rings (SSSR count). The van der Waals surface area contributed by atoms with Crippen molar-refractivity contribution in [2.75, 3.05) is 0 Å². The minimum absolute atomic E-state index is 0.0302. The summed E-state index contributed by atoms with van der Waals surface area (Å²) in [6, 6.07) is 8.18. The van der Waals surface area contributed by atoms with Crippen LogP contribution in [0.2, 0.25) is 19.6 Å². The zero-order chi connectivity index (χ0) is 15.5. The lowest BCUT2D eigenvalue weighted by Crippen LogP contribution is -2.29. The summed E-state index contributed by atoms with van der Waals surface area (Å²) in [4.78, 5) is 12.1. The lowest BCUT2D eigenvalue weighted by molar-refractivity contribution is 0.542. The molecule has 0 spiro atoms. The minimum atomic E-state index is -1.64. The fraction of sp³-hybridized carbons (Fsp3) is 0.375. The van der Waals surface area contributed by atoms with E-state index in [2.05, 4.69) is 42.6 Å². The van der Waals surface area contributed by atoms with Crippen molar-refractivity contribution < 1.29 is 4.43 Å². The summed E-state index contributed by atoms with van der Waals surface area (Å²) in [5, 5.41) is 0. The number of hydrogen-bond acceptors (Lipinski definition) is 3. The number of imidazole rings is 1. The Morgan fingerprint density at radius 3 is 2.62 bits per heavy atom. The summed E-state index contributed by atoms with van der Waals surface area (Å²) < 4.78 is 6.17. The van der Waals surface area contributed by atoms with Crippen LogP contribution in [0, 0.1) is 0 Å². The smallest absolute Gasteiger partial charge is 0.242 e. The Hall–Kier alpha value is -1.88. The van der Waals surface area contributed by atoms with Gasteiger partial charge in [0.15, 0.2) is 5.82 Å². The fourth-order valence-corrected chi connectivity index (χ4v) is 2.98. The molecule has 1 unspecified atom stereocenters. The van der Waals surface area contributed by atoms with Crippen LogP contribution in [-0.2, 0) is 0 Å². The van der Waals surface area contributed by atoms with E-state index in [1.807, 2.05) is 25.1 Å². The van der Waals surface area contributed by atoms with Gasteiger partial charge in [0.05, 0.1) is 11.8 Å². The Labute approximate surface area is 127 Å². The van der Waals surface area contributed by atoms with Crippen LogP contribution in [0.25, 0.3) is 0 Å². The monoisotopic (exact) mass is 301 g/mol. The molecular weight excluding hydrogens is 278 g/mol. The molecule has 0 amide bonds. The van der Waals surface area contributed by atoms with Crippen LogP contribution in [0.1, 0.15) is 31.3 Å². The Bertz CT molecular complexity index is 615. The third kappa shape index (κ3) is 4.29. The number of H-pyrrole nitrogens is 1. The molecule has 2 aromatic rings. The molecule has 1 heterocycles. The predicted molar refractivity (Wildman–Crippen MR) is 89.6 cm³/mol. The van der Waals surface area contributed by atoms with Crippen LogP contribution in [0.15, 0.2) is 41.7 Å². The van der Waals surface area contributed by atoms with Gasteiger partial charge in [0, 0.05) is 18.0 Å². The van der Waals surface area contributed by atoms with E-state index in [4.69, 9.17) is 9.42 Å². The van der Waals surface area contributed by atoms with E-state index in [9.17, 15) is 0 Å². The first-order chi connectivity index (χ1) is 9.87. The Kier molecular flexibility index (Phi) is 4.62. The molecule has 0 fully saturated rings. The molecule has 1 atom stereocenters. The zero-order valence-electron chi connectivity index (χ0n) is 13.3. The lowest BCUT2D eigenvalue weighted by Gasteiger charge is -2.23. The van der Waals surface area contributed by atoms with Gasteiger partial charge in [0.2, 0.25) is 8.32 Å². The Morgan fingerprint density at radius 2 is 2.00 bits per heavy atom. The Balaban J connectivity index is 2.27. The summed E-state index contributed by atoms with van der Waals surface area (Å²) in [6.45, 7) is 10.6. The maximum atomic E-state index is 6.17. The van der Waals surface area contributed by atoms with Crippen LogP contribution in [0.5, 0.6) is 5.75 Å². The molecule has 1 aromatic carbocycles. The van der Waals surface area contributed by atoms with Crippen molar-refractivity contribution in [3.05, 3.63) is 48.0 Å². The molecule has 1 N–H and O–H groups in total. The van der Waals surface area contributed by atoms with Crippen molar-refractivity contribution in [1.29, 1.82) is 0 Å². The number of nitrogens with one attached hydrogen (secondary N) is 1. The summed E-state index contributed by atoms with van der Waals surface area (Å²) in [7, 11) is -1.64. The second-order valence-electron chi connectivity index (χ2n) is 6.08. The highest BCUT2D eigenvalue weighted by Gasteiger charge is 2.19. The lowest BCUT2D eigenvalue weighted by atomic mass is 10.1. The van der Waals surface area contributed by atoms with Crippen LogP contribution >= 0.6 is 0 Å². The third-order valence-electron chi connectivity index (χ3n) is 3.01. The topological polar surface area (TPSA) is 50.3 Å². The molecule has 21 heavy (non-hydrogen) atoms. The van der Waals surface area contributed by atoms with E-state index in [1.54, 1.807) is 12.4 Å². The molecule has 4 nitrogen and oxygen atoms in total. The van der Waals surface area contributed by atoms with Gasteiger partial charge < -0.3 is 9.41 Å². The maximum Gasteiger partial charge on any atom is 0.242 e. The van der Waals surface area contributed by atoms with Gasteiger partial charge in [-0.05, 0) is 39.6 Å². The molecule has 0 aliphatic carbocycles. The van der Waals surface area contributed by atoms with E-state index in [0.29, 0.717) is 0 Å². The number of benzene rings is 1. The van der Waals surface area contributed by atoms with E-state index < -0.39 is 8.32 Å².